The lowest BCUT2D eigenvalue weighted by Crippen LogP contribution is -2.65. The molecule has 1 aromatic heterocycles. The lowest BCUT2D eigenvalue weighted by molar-refractivity contribution is -0.128. The molecule has 1 spiro atoms. The van der Waals surface area contributed by atoms with Crippen molar-refractivity contribution in [1.29, 1.82) is 0 Å². The highest BCUT2D eigenvalue weighted by Gasteiger charge is 2.56. The fraction of sp³-hybridized carbons (Fsp3) is 0.536. The second-order valence-corrected chi connectivity index (χ2v) is 10.0. The van der Waals surface area contributed by atoms with Crippen molar-refractivity contribution in [2.45, 2.75) is 88.1 Å². The second kappa shape index (κ2) is 9.66. The van der Waals surface area contributed by atoms with Gasteiger partial charge in [0, 0.05) is 36.5 Å². The third-order valence-electron chi connectivity index (χ3n) is 8.07. The van der Waals surface area contributed by atoms with Gasteiger partial charge in [-0.15, -0.1) is 0 Å². The van der Waals surface area contributed by atoms with Crippen LogP contribution in [0, 0.1) is 0 Å². The van der Waals surface area contributed by atoms with Gasteiger partial charge < -0.3 is 10.2 Å². The zero-order valence-corrected chi connectivity index (χ0v) is 19.5. The van der Waals surface area contributed by atoms with Crippen molar-refractivity contribution in [3.8, 4) is 0 Å². The lowest BCUT2D eigenvalue weighted by Gasteiger charge is -2.57. The normalized spacial score (nSPS) is 22.7. The van der Waals surface area contributed by atoms with E-state index in [1.165, 1.54) is 25.7 Å². The van der Waals surface area contributed by atoms with Gasteiger partial charge in [-0.2, -0.15) is 0 Å². The fourth-order valence-electron chi connectivity index (χ4n) is 6.61. The molecule has 1 N–H and O–H groups in total. The maximum atomic E-state index is 13.9. The maximum Gasteiger partial charge on any atom is 0.254 e. The van der Waals surface area contributed by atoms with Gasteiger partial charge in [0.1, 0.15) is 0 Å². The standard InChI is InChI=1S/C28H35N3O2/c32-26(30-20-16-21-11-7-10-19-29-21)25-23-14-5-6-15-24(23)27(33)31(22-12-3-1-4-13-22)28(25)17-8-2-9-18-28/h5-7,10-11,14-15,19,22,25H,1-4,8-9,12-13,16-18,20H2,(H,30,32)/t25-/m0/s1. The molecule has 0 unspecified atom stereocenters. The van der Waals surface area contributed by atoms with Gasteiger partial charge in [-0.05, 0) is 49.4 Å². The van der Waals surface area contributed by atoms with Gasteiger partial charge in [-0.25, -0.2) is 0 Å². The van der Waals surface area contributed by atoms with E-state index in [1.54, 1.807) is 6.20 Å². The summed E-state index contributed by atoms with van der Waals surface area (Å²) < 4.78 is 0. The SMILES string of the molecule is O=C(NCCc1ccccn1)[C@@H]1c2ccccc2C(=O)N(C2CCCCC2)C12CCCCC2. The summed E-state index contributed by atoms with van der Waals surface area (Å²) in [5, 5.41) is 3.23. The summed E-state index contributed by atoms with van der Waals surface area (Å²) in [7, 11) is 0. The Morgan fingerprint density at radius 3 is 2.45 bits per heavy atom. The molecular weight excluding hydrogens is 410 g/mol. The number of fused-ring (bicyclic) bond motifs is 1. The maximum absolute atomic E-state index is 13.9. The number of aromatic nitrogens is 1. The number of nitrogens with one attached hydrogen (secondary N) is 1. The summed E-state index contributed by atoms with van der Waals surface area (Å²) in [6, 6.07) is 14.0. The number of hydrogen-bond donors (Lipinski definition) is 1. The van der Waals surface area contributed by atoms with Crippen molar-refractivity contribution in [2.24, 2.45) is 0 Å². The molecule has 2 heterocycles. The van der Waals surface area contributed by atoms with Crippen molar-refractivity contribution < 1.29 is 9.59 Å². The molecule has 5 rings (SSSR count). The van der Waals surface area contributed by atoms with Crippen LogP contribution in [0.2, 0.25) is 0 Å². The first-order chi connectivity index (χ1) is 16.2. The molecule has 2 aromatic rings. The summed E-state index contributed by atoms with van der Waals surface area (Å²) in [5.74, 6) is -0.0946. The van der Waals surface area contributed by atoms with E-state index in [2.05, 4.69) is 15.2 Å². The predicted molar refractivity (Wildman–Crippen MR) is 129 cm³/mol. The Balaban J connectivity index is 1.49. The molecule has 1 aromatic carbocycles. The van der Waals surface area contributed by atoms with Crippen LogP contribution >= 0.6 is 0 Å². The van der Waals surface area contributed by atoms with Gasteiger partial charge in [-0.3, -0.25) is 14.6 Å². The number of benzene rings is 1. The van der Waals surface area contributed by atoms with E-state index >= 15 is 0 Å². The van der Waals surface area contributed by atoms with Gasteiger partial charge in [0.15, 0.2) is 0 Å². The number of hydrogen-bond acceptors (Lipinski definition) is 3. The molecule has 174 valence electrons. The van der Waals surface area contributed by atoms with Crippen LogP contribution < -0.4 is 5.32 Å². The van der Waals surface area contributed by atoms with Gasteiger partial charge in [0.2, 0.25) is 5.91 Å². The predicted octanol–water partition coefficient (Wildman–Crippen LogP) is 5.02. The number of pyridine rings is 1. The first-order valence-corrected chi connectivity index (χ1v) is 12.8. The van der Waals surface area contributed by atoms with Crippen LogP contribution in [0.1, 0.15) is 91.7 Å². The molecule has 2 aliphatic carbocycles. The molecular formula is C28H35N3O2. The van der Waals surface area contributed by atoms with E-state index in [0.717, 1.165) is 55.3 Å². The molecule has 2 amide bonds. The molecule has 3 aliphatic rings. The van der Waals surface area contributed by atoms with E-state index in [4.69, 9.17) is 0 Å². The Bertz CT molecular complexity index is 978. The summed E-state index contributed by atoms with van der Waals surface area (Å²) >= 11 is 0. The molecule has 0 radical (unpaired) electrons. The zero-order valence-electron chi connectivity index (χ0n) is 19.5. The van der Waals surface area contributed by atoms with Crippen LogP contribution in [-0.4, -0.2) is 39.8 Å². The van der Waals surface area contributed by atoms with Crippen molar-refractivity contribution in [1.82, 2.24) is 15.2 Å². The summed E-state index contributed by atoms with van der Waals surface area (Å²) in [6.45, 7) is 0.558. The lowest BCUT2D eigenvalue weighted by atomic mass is 9.64. The third-order valence-corrected chi connectivity index (χ3v) is 8.07. The Hall–Kier alpha value is -2.69. The highest BCUT2D eigenvalue weighted by Crippen LogP contribution is 2.51. The molecule has 5 heteroatoms. The van der Waals surface area contributed by atoms with Crippen LogP contribution in [0.4, 0.5) is 0 Å². The molecule has 5 nitrogen and oxygen atoms in total. The fourth-order valence-corrected chi connectivity index (χ4v) is 6.61. The minimum atomic E-state index is -0.402. The van der Waals surface area contributed by atoms with Crippen LogP contribution in [0.5, 0.6) is 0 Å². The van der Waals surface area contributed by atoms with Crippen molar-refractivity contribution in [3.63, 3.8) is 0 Å². The first-order valence-electron chi connectivity index (χ1n) is 12.8. The number of nitrogens with zero attached hydrogens (tertiary/aromatic N) is 2. The van der Waals surface area contributed by atoms with E-state index < -0.39 is 5.54 Å². The Kier molecular flexibility index (Phi) is 6.48. The Labute approximate surface area is 197 Å². The van der Waals surface area contributed by atoms with Crippen LogP contribution in [0.3, 0.4) is 0 Å². The Morgan fingerprint density at radius 1 is 0.970 bits per heavy atom. The second-order valence-electron chi connectivity index (χ2n) is 10.0. The topological polar surface area (TPSA) is 62.3 Å². The number of amides is 2. The summed E-state index contributed by atoms with van der Waals surface area (Å²) in [4.78, 5) is 34.4. The largest absolute Gasteiger partial charge is 0.355 e. The van der Waals surface area contributed by atoms with Crippen LogP contribution in [-0.2, 0) is 11.2 Å². The van der Waals surface area contributed by atoms with Gasteiger partial charge in [-0.1, -0.05) is 62.8 Å². The molecule has 33 heavy (non-hydrogen) atoms. The quantitative estimate of drug-likeness (QED) is 0.703. The van der Waals surface area contributed by atoms with Gasteiger partial charge in [0.25, 0.3) is 5.91 Å². The van der Waals surface area contributed by atoms with E-state index in [0.29, 0.717) is 13.0 Å². The molecule has 1 atom stereocenters. The highest BCUT2D eigenvalue weighted by atomic mass is 16.2. The van der Waals surface area contributed by atoms with E-state index in [9.17, 15) is 9.59 Å². The van der Waals surface area contributed by atoms with Crippen molar-refractivity contribution in [2.75, 3.05) is 6.54 Å². The minimum Gasteiger partial charge on any atom is -0.355 e. The monoisotopic (exact) mass is 445 g/mol. The summed E-state index contributed by atoms with van der Waals surface area (Å²) in [5.41, 5.74) is 2.23. The zero-order chi connectivity index (χ0) is 22.7. The Morgan fingerprint density at radius 2 is 1.70 bits per heavy atom. The third kappa shape index (κ3) is 4.18. The van der Waals surface area contributed by atoms with Gasteiger partial charge in [0.05, 0.1) is 11.5 Å². The average Bonchev–Trinajstić information content (AvgIpc) is 2.86. The molecule has 0 bridgehead atoms. The highest BCUT2D eigenvalue weighted by molar-refractivity contribution is 6.02. The number of carbonyl (C=O) groups is 2. The first kappa shape index (κ1) is 22.1. The molecule has 2 saturated carbocycles. The van der Waals surface area contributed by atoms with E-state index in [-0.39, 0.29) is 23.8 Å². The molecule has 0 saturated heterocycles. The van der Waals surface area contributed by atoms with E-state index in [1.807, 2.05) is 42.5 Å². The van der Waals surface area contributed by atoms with Crippen molar-refractivity contribution >= 4 is 11.8 Å². The molecule has 1 aliphatic heterocycles. The number of carbonyl (C=O) groups excluding carboxylic acids is 2. The van der Waals surface area contributed by atoms with Crippen LogP contribution in [0.25, 0.3) is 0 Å². The van der Waals surface area contributed by atoms with Crippen molar-refractivity contribution in [3.05, 3.63) is 65.5 Å². The number of rotatable bonds is 5. The molecule has 2 fully saturated rings. The van der Waals surface area contributed by atoms with Gasteiger partial charge >= 0.3 is 0 Å². The smallest absolute Gasteiger partial charge is 0.254 e. The average molecular weight is 446 g/mol. The minimum absolute atomic E-state index is 0.0635. The van der Waals surface area contributed by atoms with Crippen LogP contribution in [0.15, 0.2) is 48.7 Å². The summed E-state index contributed by atoms with van der Waals surface area (Å²) in [6.07, 6.45) is 13.4.